The SMILES string of the molecule is CC(C)[C@H](NC(=O)CC1CC(CNC(=O)OCC2c3ccccc3-c3ccccc32)C1)C(=O)O. The normalized spacial score (nSPS) is 19.5. The number of carbonyl (C=O) groups excluding carboxylic acids is 2. The van der Waals surface area contributed by atoms with Gasteiger partial charge in [0.25, 0.3) is 0 Å². The maximum Gasteiger partial charge on any atom is 0.407 e. The van der Waals surface area contributed by atoms with E-state index in [0.29, 0.717) is 18.9 Å². The molecule has 0 unspecified atom stereocenters. The van der Waals surface area contributed by atoms with Crippen molar-refractivity contribution in [3.05, 3.63) is 59.7 Å². The molecule has 2 aliphatic carbocycles. The van der Waals surface area contributed by atoms with Crippen molar-refractivity contribution in [2.24, 2.45) is 17.8 Å². The van der Waals surface area contributed by atoms with Gasteiger partial charge in [-0.15, -0.1) is 0 Å². The Morgan fingerprint density at radius 3 is 2.12 bits per heavy atom. The zero-order valence-corrected chi connectivity index (χ0v) is 19.6. The first kappa shape index (κ1) is 23.8. The molecule has 2 aliphatic rings. The van der Waals surface area contributed by atoms with Gasteiger partial charge in [-0.1, -0.05) is 62.4 Å². The second kappa shape index (κ2) is 10.3. The number of ether oxygens (including phenoxy) is 1. The Bertz CT molecular complexity index is 1010. The van der Waals surface area contributed by atoms with Crippen molar-refractivity contribution in [1.82, 2.24) is 10.6 Å². The third-order valence-corrected chi connectivity index (χ3v) is 6.94. The molecule has 0 radical (unpaired) electrons. The standard InChI is InChI=1S/C27H32N2O5/c1-16(2)25(26(31)32)29-24(30)13-17-11-18(12-17)14-28-27(33)34-15-23-21-9-5-3-7-19(21)20-8-4-6-10-22(20)23/h3-10,16-18,23,25H,11-15H2,1-2H3,(H,28,33)(H,29,30)(H,31,32)/t17?,18?,25-/m0/s1. The van der Waals surface area contributed by atoms with Crippen LogP contribution in [0.2, 0.25) is 0 Å². The summed E-state index contributed by atoms with van der Waals surface area (Å²) in [6, 6.07) is 15.6. The number of hydrogen-bond donors (Lipinski definition) is 3. The summed E-state index contributed by atoms with van der Waals surface area (Å²) in [6.45, 7) is 4.34. The van der Waals surface area contributed by atoms with Gasteiger partial charge in [-0.25, -0.2) is 9.59 Å². The number of alkyl carbamates (subject to hydrolysis) is 1. The van der Waals surface area contributed by atoms with Crippen molar-refractivity contribution in [2.45, 2.75) is 45.1 Å². The summed E-state index contributed by atoms with van der Waals surface area (Å²) in [5.74, 6) is -0.854. The van der Waals surface area contributed by atoms with Gasteiger partial charge in [0.05, 0.1) is 0 Å². The topological polar surface area (TPSA) is 105 Å². The van der Waals surface area contributed by atoms with Crippen molar-refractivity contribution in [2.75, 3.05) is 13.2 Å². The van der Waals surface area contributed by atoms with Crippen LogP contribution in [-0.2, 0) is 14.3 Å². The first-order valence-electron chi connectivity index (χ1n) is 11.9. The van der Waals surface area contributed by atoms with Crippen LogP contribution in [0.15, 0.2) is 48.5 Å². The number of benzene rings is 2. The summed E-state index contributed by atoms with van der Waals surface area (Å²) in [4.78, 5) is 35.7. The molecule has 7 nitrogen and oxygen atoms in total. The van der Waals surface area contributed by atoms with Crippen LogP contribution in [0, 0.1) is 17.8 Å². The van der Waals surface area contributed by atoms with E-state index in [2.05, 4.69) is 34.9 Å². The molecule has 0 aromatic heterocycles. The lowest BCUT2D eigenvalue weighted by molar-refractivity contribution is -0.143. The third-order valence-electron chi connectivity index (χ3n) is 6.94. The molecule has 180 valence electrons. The smallest absolute Gasteiger partial charge is 0.407 e. The summed E-state index contributed by atoms with van der Waals surface area (Å²) in [6.07, 6.45) is 1.55. The minimum absolute atomic E-state index is 0.0326. The van der Waals surface area contributed by atoms with Crippen LogP contribution >= 0.6 is 0 Å². The molecule has 0 heterocycles. The highest BCUT2D eigenvalue weighted by Gasteiger charge is 2.33. The Hall–Kier alpha value is -3.35. The van der Waals surface area contributed by atoms with Crippen LogP contribution in [0.25, 0.3) is 11.1 Å². The van der Waals surface area contributed by atoms with Gasteiger partial charge in [-0.05, 0) is 52.8 Å². The van der Waals surface area contributed by atoms with E-state index < -0.39 is 18.1 Å². The zero-order chi connectivity index (χ0) is 24.2. The number of aliphatic carboxylic acids is 1. The van der Waals surface area contributed by atoms with Crippen molar-refractivity contribution in [3.8, 4) is 11.1 Å². The lowest BCUT2D eigenvalue weighted by atomic mass is 9.73. The first-order chi connectivity index (χ1) is 16.3. The monoisotopic (exact) mass is 464 g/mol. The van der Waals surface area contributed by atoms with Gasteiger partial charge in [0.15, 0.2) is 0 Å². The number of carbonyl (C=O) groups is 3. The van der Waals surface area contributed by atoms with Gasteiger partial charge >= 0.3 is 12.1 Å². The predicted octanol–water partition coefficient (Wildman–Crippen LogP) is 4.17. The number of fused-ring (bicyclic) bond motifs is 3. The van der Waals surface area contributed by atoms with Crippen LogP contribution < -0.4 is 10.6 Å². The maximum atomic E-state index is 12.3. The van der Waals surface area contributed by atoms with E-state index in [0.717, 1.165) is 12.8 Å². The average molecular weight is 465 g/mol. The molecular weight excluding hydrogens is 432 g/mol. The quantitative estimate of drug-likeness (QED) is 0.517. The first-order valence-corrected chi connectivity index (χ1v) is 11.9. The minimum Gasteiger partial charge on any atom is -0.480 e. The third kappa shape index (κ3) is 5.24. The van der Waals surface area contributed by atoms with E-state index in [1.165, 1.54) is 22.3 Å². The van der Waals surface area contributed by atoms with Crippen molar-refractivity contribution in [3.63, 3.8) is 0 Å². The van der Waals surface area contributed by atoms with Crippen LogP contribution in [0.3, 0.4) is 0 Å². The van der Waals surface area contributed by atoms with E-state index in [1.807, 2.05) is 24.3 Å². The van der Waals surface area contributed by atoms with E-state index >= 15 is 0 Å². The predicted molar refractivity (Wildman–Crippen MR) is 128 cm³/mol. The summed E-state index contributed by atoms with van der Waals surface area (Å²) in [7, 11) is 0. The highest BCUT2D eigenvalue weighted by molar-refractivity contribution is 5.84. The summed E-state index contributed by atoms with van der Waals surface area (Å²) < 4.78 is 5.57. The van der Waals surface area contributed by atoms with Crippen LogP contribution in [0.4, 0.5) is 4.79 Å². The van der Waals surface area contributed by atoms with E-state index in [9.17, 15) is 19.5 Å². The molecule has 0 aliphatic heterocycles. The van der Waals surface area contributed by atoms with Crippen LogP contribution in [0.1, 0.15) is 50.2 Å². The Morgan fingerprint density at radius 1 is 0.971 bits per heavy atom. The fraction of sp³-hybridized carbons (Fsp3) is 0.444. The Morgan fingerprint density at radius 2 is 1.56 bits per heavy atom. The van der Waals surface area contributed by atoms with Crippen LogP contribution in [-0.4, -0.2) is 42.3 Å². The lowest BCUT2D eigenvalue weighted by Gasteiger charge is -2.35. The fourth-order valence-corrected chi connectivity index (χ4v) is 5.09. The van der Waals surface area contributed by atoms with Gasteiger partial charge in [0.2, 0.25) is 5.91 Å². The number of amides is 2. The molecular formula is C27H32N2O5. The summed E-state index contributed by atoms with van der Waals surface area (Å²) >= 11 is 0. The zero-order valence-electron chi connectivity index (χ0n) is 19.6. The molecule has 0 bridgehead atoms. The average Bonchev–Trinajstić information content (AvgIpc) is 3.10. The Balaban J connectivity index is 1.18. The van der Waals surface area contributed by atoms with Crippen molar-refractivity contribution >= 4 is 18.0 Å². The van der Waals surface area contributed by atoms with E-state index in [-0.39, 0.29) is 30.3 Å². The molecule has 2 aromatic carbocycles. The van der Waals surface area contributed by atoms with Gasteiger partial charge in [0.1, 0.15) is 12.6 Å². The van der Waals surface area contributed by atoms with Gasteiger partial charge in [-0.3, -0.25) is 4.79 Å². The summed E-state index contributed by atoms with van der Waals surface area (Å²) in [5, 5.41) is 14.7. The molecule has 2 aromatic rings. The van der Waals surface area contributed by atoms with Crippen molar-refractivity contribution < 1.29 is 24.2 Å². The number of nitrogens with one attached hydrogen (secondary N) is 2. The molecule has 3 N–H and O–H groups in total. The van der Waals surface area contributed by atoms with Crippen LogP contribution in [0.5, 0.6) is 0 Å². The molecule has 4 rings (SSSR count). The Kier molecular flexibility index (Phi) is 7.20. The fourth-order valence-electron chi connectivity index (χ4n) is 5.09. The molecule has 1 saturated carbocycles. The van der Waals surface area contributed by atoms with E-state index in [4.69, 9.17) is 4.74 Å². The highest BCUT2D eigenvalue weighted by atomic mass is 16.5. The molecule has 2 amide bonds. The van der Waals surface area contributed by atoms with E-state index in [1.54, 1.807) is 13.8 Å². The minimum atomic E-state index is -1.01. The summed E-state index contributed by atoms with van der Waals surface area (Å²) in [5.41, 5.74) is 4.75. The molecule has 1 atom stereocenters. The van der Waals surface area contributed by atoms with Crippen molar-refractivity contribution in [1.29, 1.82) is 0 Å². The van der Waals surface area contributed by atoms with Gasteiger partial charge < -0.3 is 20.5 Å². The van der Waals surface area contributed by atoms with Gasteiger partial charge in [-0.2, -0.15) is 0 Å². The second-order valence-electron chi connectivity index (χ2n) is 9.74. The molecule has 34 heavy (non-hydrogen) atoms. The second-order valence-corrected chi connectivity index (χ2v) is 9.74. The molecule has 7 heteroatoms. The number of carboxylic acid groups (broad SMARTS) is 1. The largest absolute Gasteiger partial charge is 0.480 e. The number of hydrogen-bond acceptors (Lipinski definition) is 4. The molecule has 1 fully saturated rings. The van der Waals surface area contributed by atoms with Gasteiger partial charge in [0, 0.05) is 18.9 Å². The highest BCUT2D eigenvalue weighted by Crippen LogP contribution is 2.44. The molecule has 0 saturated heterocycles. The number of rotatable bonds is 9. The Labute approximate surface area is 199 Å². The molecule has 0 spiro atoms. The number of carboxylic acids is 1. The maximum absolute atomic E-state index is 12.3. The lowest BCUT2D eigenvalue weighted by Crippen LogP contribution is -2.46.